The summed E-state index contributed by atoms with van der Waals surface area (Å²) in [7, 11) is -3.12. The van der Waals surface area contributed by atoms with Crippen LogP contribution in [0, 0.1) is 12.8 Å². The van der Waals surface area contributed by atoms with Crippen molar-refractivity contribution in [2.75, 3.05) is 17.3 Å². The van der Waals surface area contributed by atoms with Crippen LogP contribution in [0.15, 0.2) is 18.2 Å². The Morgan fingerprint density at radius 2 is 1.78 bits per heavy atom. The standard InChI is InChI=1S/C17H28N2O3S/c1-11(2)14(5)19-16-9-7-8-15(13(16)4)17(20)18-12(3)10-23(6,21)22/h7-9,11-12,14,19H,10H2,1-6H3,(H,18,20)/t12-,14-/m1/s1. The van der Waals surface area contributed by atoms with Gasteiger partial charge in [0.15, 0.2) is 0 Å². The lowest BCUT2D eigenvalue weighted by atomic mass is 10.0. The number of carbonyl (C=O) groups excluding carboxylic acids is 1. The van der Waals surface area contributed by atoms with Crippen LogP contribution in [0.3, 0.4) is 0 Å². The maximum absolute atomic E-state index is 12.4. The van der Waals surface area contributed by atoms with Gasteiger partial charge in [0.1, 0.15) is 9.84 Å². The molecule has 5 nitrogen and oxygen atoms in total. The lowest BCUT2D eigenvalue weighted by Crippen LogP contribution is -2.37. The van der Waals surface area contributed by atoms with Crippen molar-refractivity contribution in [3.63, 3.8) is 0 Å². The van der Waals surface area contributed by atoms with Crippen molar-refractivity contribution in [3.8, 4) is 0 Å². The molecule has 0 unspecified atom stereocenters. The second-order valence-electron chi connectivity index (χ2n) is 6.62. The Morgan fingerprint density at radius 1 is 1.17 bits per heavy atom. The summed E-state index contributed by atoms with van der Waals surface area (Å²) in [5.74, 6) is 0.154. The number of hydrogen-bond donors (Lipinski definition) is 2. The summed E-state index contributed by atoms with van der Waals surface area (Å²) in [4.78, 5) is 12.4. The van der Waals surface area contributed by atoms with Gasteiger partial charge in [0.05, 0.1) is 5.75 Å². The third-order valence-electron chi connectivity index (χ3n) is 3.89. The van der Waals surface area contributed by atoms with Crippen LogP contribution in [0.4, 0.5) is 5.69 Å². The van der Waals surface area contributed by atoms with Crippen LogP contribution in [0.5, 0.6) is 0 Å². The average molecular weight is 340 g/mol. The van der Waals surface area contributed by atoms with Gasteiger partial charge in [0, 0.05) is 29.6 Å². The van der Waals surface area contributed by atoms with E-state index in [1.54, 1.807) is 13.0 Å². The van der Waals surface area contributed by atoms with E-state index in [1.807, 2.05) is 19.1 Å². The highest BCUT2D eigenvalue weighted by Gasteiger charge is 2.17. The van der Waals surface area contributed by atoms with Gasteiger partial charge in [-0.3, -0.25) is 4.79 Å². The fourth-order valence-electron chi connectivity index (χ4n) is 2.25. The van der Waals surface area contributed by atoms with Gasteiger partial charge in [-0.1, -0.05) is 19.9 Å². The smallest absolute Gasteiger partial charge is 0.251 e. The van der Waals surface area contributed by atoms with Crippen molar-refractivity contribution in [1.29, 1.82) is 0 Å². The first kappa shape index (κ1) is 19.5. The van der Waals surface area contributed by atoms with Gasteiger partial charge in [-0.2, -0.15) is 0 Å². The van der Waals surface area contributed by atoms with Gasteiger partial charge >= 0.3 is 0 Å². The molecule has 2 N–H and O–H groups in total. The quantitative estimate of drug-likeness (QED) is 0.800. The molecule has 0 saturated carbocycles. The third kappa shape index (κ3) is 6.22. The van der Waals surface area contributed by atoms with Crippen molar-refractivity contribution in [3.05, 3.63) is 29.3 Å². The number of carbonyl (C=O) groups is 1. The van der Waals surface area contributed by atoms with E-state index in [0.29, 0.717) is 11.5 Å². The summed E-state index contributed by atoms with van der Waals surface area (Å²) in [6.07, 6.45) is 1.17. The molecule has 0 bridgehead atoms. The number of benzene rings is 1. The number of sulfone groups is 1. The average Bonchev–Trinajstić information content (AvgIpc) is 2.38. The van der Waals surface area contributed by atoms with E-state index < -0.39 is 15.9 Å². The molecule has 0 aliphatic heterocycles. The predicted octanol–water partition coefficient (Wildman–Crippen LogP) is 2.61. The Balaban J connectivity index is 2.90. The molecule has 2 atom stereocenters. The molecular weight excluding hydrogens is 312 g/mol. The zero-order chi connectivity index (χ0) is 17.8. The second-order valence-corrected chi connectivity index (χ2v) is 8.81. The summed E-state index contributed by atoms with van der Waals surface area (Å²) in [6, 6.07) is 5.39. The lowest BCUT2D eigenvalue weighted by Gasteiger charge is -2.21. The molecule has 1 aromatic rings. The molecule has 0 saturated heterocycles. The maximum atomic E-state index is 12.4. The summed E-state index contributed by atoms with van der Waals surface area (Å²) >= 11 is 0. The summed E-state index contributed by atoms with van der Waals surface area (Å²) in [5.41, 5.74) is 2.35. The molecule has 1 amide bonds. The fourth-order valence-corrected chi connectivity index (χ4v) is 3.24. The first-order valence-corrected chi connectivity index (χ1v) is 9.92. The Morgan fingerprint density at radius 3 is 2.30 bits per heavy atom. The number of amides is 1. The molecule has 23 heavy (non-hydrogen) atoms. The van der Waals surface area contributed by atoms with Crippen molar-refractivity contribution in [2.45, 2.75) is 46.7 Å². The molecule has 1 rings (SSSR count). The summed E-state index contributed by atoms with van der Waals surface area (Å²) < 4.78 is 22.6. The molecule has 0 radical (unpaired) electrons. The van der Waals surface area contributed by atoms with E-state index in [-0.39, 0.29) is 17.7 Å². The second kappa shape index (κ2) is 7.81. The molecular formula is C17H28N2O3S. The van der Waals surface area contributed by atoms with Crippen molar-refractivity contribution >= 4 is 21.4 Å². The molecule has 0 aliphatic rings. The normalized spacial score (nSPS) is 14.4. The first-order chi connectivity index (χ1) is 10.5. The van der Waals surface area contributed by atoms with Gasteiger partial charge in [-0.05, 0) is 44.4 Å². The Bertz CT molecular complexity index is 654. The minimum absolute atomic E-state index is 0.0693. The van der Waals surface area contributed by atoms with E-state index in [2.05, 4.69) is 31.4 Å². The van der Waals surface area contributed by atoms with Crippen LogP contribution in [0.2, 0.25) is 0 Å². The largest absolute Gasteiger partial charge is 0.382 e. The summed E-state index contributed by atoms with van der Waals surface area (Å²) in [5, 5.41) is 6.17. The Labute approximate surface area is 139 Å². The van der Waals surface area contributed by atoms with Crippen molar-refractivity contribution < 1.29 is 13.2 Å². The van der Waals surface area contributed by atoms with E-state index >= 15 is 0 Å². The molecule has 0 heterocycles. The third-order valence-corrected chi connectivity index (χ3v) is 5.00. The molecule has 1 aromatic carbocycles. The summed E-state index contributed by atoms with van der Waals surface area (Å²) in [6.45, 7) is 9.96. The van der Waals surface area contributed by atoms with Gasteiger partial charge in [0.25, 0.3) is 5.91 Å². The highest BCUT2D eigenvalue weighted by molar-refractivity contribution is 7.90. The van der Waals surface area contributed by atoms with Crippen LogP contribution < -0.4 is 10.6 Å². The fraction of sp³-hybridized carbons (Fsp3) is 0.588. The number of hydrogen-bond acceptors (Lipinski definition) is 4. The van der Waals surface area contributed by atoms with Gasteiger partial charge in [-0.15, -0.1) is 0 Å². The van der Waals surface area contributed by atoms with E-state index in [0.717, 1.165) is 11.3 Å². The number of anilines is 1. The molecule has 0 aliphatic carbocycles. The molecule has 0 aromatic heterocycles. The van der Waals surface area contributed by atoms with Crippen LogP contribution in [0.25, 0.3) is 0 Å². The SMILES string of the molecule is Cc1c(N[C@H](C)C(C)C)cccc1C(=O)N[C@H](C)CS(C)(=O)=O. The van der Waals surface area contributed by atoms with Gasteiger partial charge < -0.3 is 10.6 Å². The molecule has 0 spiro atoms. The molecule has 130 valence electrons. The Kier molecular flexibility index (Phi) is 6.62. The zero-order valence-corrected chi connectivity index (χ0v) is 15.6. The number of nitrogens with one attached hydrogen (secondary N) is 2. The van der Waals surface area contributed by atoms with E-state index in [1.165, 1.54) is 6.26 Å². The Hall–Kier alpha value is -1.56. The van der Waals surface area contributed by atoms with E-state index in [9.17, 15) is 13.2 Å². The van der Waals surface area contributed by atoms with Crippen molar-refractivity contribution in [2.24, 2.45) is 5.92 Å². The molecule has 6 heteroatoms. The van der Waals surface area contributed by atoms with Gasteiger partial charge in [-0.25, -0.2) is 8.42 Å². The minimum Gasteiger partial charge on any atom is -0.382 e. The number of rotatable bonds is 7. The lowest BCUT2D eigenvalue weighted by molar-refractivity contribution is 0.0943. The van der Waals surface area contributed by atoms with Crippen LogP contribution in [-0.4, -0.2) is 38.4 Å². The van der Waals surface area contributed by atoms with E-state index in [4.69, 9.17) is 0 Å². The topological polar surface area (TPSA) is 75.3 Å². The monoisotopic (exact) mass is 340 g/mol. The van der Waals surface area contributed by atoms with Gasteiger partial charge in [0.2, 0.25) is 0 Å². The predicted molar refractivity (Wildman–Crippen MR) is 95.7 cm³/mol. The first-order valence-electron chi connectivity index (χ1n) is 7.86. The van der Waals surface area contributed by atoms with Crippen molar-refractivity contribution in [1.82, 2.24) is 5.32 Å². The minimum atomic E-state index is -3.12. The van der Waals surface area contributed by atoms with Crippen LogP contribution in [-0.2, 0) is 9.84 Å². The maximum Gasteiger partial charge on any atom is 0.251 e. The molecule has 0 fully saturated rings. The highest BCUT2D eigenvalue weighted by Crippen LogP contribution is 2.21. The highest BCUT2D eigenvalue weighted by atomic mass is 32.2. The van der Waals surface area contributed by atoms with Crippen LogP contribution >= 0.6 is 0 Å². The van der Waals surface area contributed by atoms with Crippen LogP contribution in [0.1, 0.15) is 43.6 Å². The zero-order valence-electron chi connectivity index (χ0n) is 14.8.